The lowest BCUT2D eigenvalue weighted by Gasteiger charge is -2.21. The molecule has 0 spiro atoms. The lowest BCUT2D eigenvalue weighted by atomic mass is 9.99. The summed E-state index contributed by atoms with van der Waals surface area (Å²) in [7, 11) is 0. The summed E-state index contributed by atoms with van der Waals surface area (Å²) in [6.07, 6.45) is 11.1. The third kappa shape index (κ3) is 2.71. The summed E-state index contributed by atoms with van der Waals surface area (Å²) in [6.45, 7) is 1.05. The van der Waals surface area contributed by atoms with E-state index in [0.29, 0.717) is 6.04 Å². The fraction of sp³-hybridized carbons (Fsp3) is 1.00. The molecular weight excluding hydrogens is 172 g/mol. The van der Waals surface area contributed by atoms with Crippen molar-refractivity contribution in [3.05, 3.63) is 0 Å². The average molecular weight is 196 g/mol. The van der Waals surface area contributed by atoms with E-state index in [1.54, 1.807) is 0 Å². The minimum atomic E-state index is 0.415. The Kier molecular flexibility index (Phi) is 3.82. The highest BCUT2D eigenvalue weighted by molar-refractivity contribution is 4.82. The molecule has 2 nitrogen and oxygen atoms in total. The topological polar surface area (TPSA) is 38.0 Å². The van der Waals surface area contributed by atoms with Gasteiger partial charge < -0.3 is 11.1 Å². The smallest absolute Gasteiger partial charge is 0.0194 e. The highest BCUT2D eigenvalue weighted by Gasteiger charge is 2.23. The molecule has 3 N–H and O–H groups in total. The normalized spacial score (nSPS) is 27.2. The molecule has 0 aromatic rings. The van der Waals surface area contributed by atoms with Crippen molar-refractivity contribution in [3.8, 4) is 0 Å². The second kappa shape index (κ2) is 5.13. The van der Waals surface area contributed by atoms with Gasteiger partial charge in [-0.3, -0.25) is 0 Å². The number of hydrogen-bond acceptors (Lipinski definition) is 2. The van der Waals surface area contributed by atoms with Gasteiger partial charge in [0.1, 0.15) is 0 Å². The zero-order chi connectivity index (χ0) is 9.80. The van der Waals surface area contributed by atoms with Crippen molar-refractivity contribution in [3.63, 3.8) is 0 Å². The maximum absolute atomic E-state index is 6.19. The minimum Gasteiger partial charge on any atom is -0.326 e. The Hall–Kier alpha value is -0.0800. The molecule has 2 saturated carbocycles. The molecule has 0 aliphatic heterocycles. The number of nitrogens with two attached hydrogens (primary N) is 1. The molecule has 0 bridgehead atoms. The van der Waals surface area contributed by atoms with Crippen LogP contribution in [0.1, 0.15) is 51.4 Å². The first kappa shape index (κ1) is 10.4. The van der Waals surface area contributed by atoms with E-state index in [1.165, 1.54) is 51.4 Å². The van der Waals surface area contributed by atoms with E-state index >= 15 is 0 Å². The predicted octanol–water partition coefficient (Wildman–Crippen LogP) is 2.04. The molecule has 2 rings (SSSR count). The lowest BCUT2D eigenvalue weighted by molar-refractivity contribution is 0.386. The molecule has 1 unspecified atom stereocenters. The predicted molar refractivity (Wildman–Crippen MR) is 60.2 cm³/mol. The zero-order valence-electron chi connectivity index (χ0n) is 9.17. The van der Waals surface area contributed by atoms with E-state index in [0.717, 1.165) is 18.5 Å². The van der Waals surface area contributed by atoms with Crippen molar-refractivity contribution >= 4 is 0 Å². The molecule has 0 saturated heterocycles. The van der Waals surface area contributed by atoms with E-state index in [-0.39, 0.29) is 0 Å². The van der Waals surface area contributed by atoms with Crippen molar-refractivity contribution < 1.29 is 0 Å². The summed E-state index contributed by atoms with van der Waals surface area (Å²) in [5.41, 5.74) is 6.19. The van der Waals surface area contributed by atoms with Crippen LogP contribution in [0.15, 0.2) is 0 Å². The first-order valence-electron chi connectivity index (χ1n) is 6.35. The first-order valence-corrected chi connectivity index (χ1v) is 6.35. The molecule has 2 aliphatic rings. The standard InChI is InChI=1S/C12H24N2/c13-12(10-5-1-2-6-10)9-14-11-7-3-4-8-11/h10-12,14H,1-9,13H2. The van der Waals surface area contributed by atoms with Crippen molar-refractivity contribution in [2.45, 2.75) is 63.5 Å². The molecule has 2 fully saturated rings. The van der Waals surface area contributed by atoms with Gasteiger partial charge in [-0.15, -0.1) is 0 Å². The molecule has 82 valence electrons. The maximum Gasteiger partial charge on any atom is 0.0194 e. The molecular formula is C12H24N2. The highest BCUT2D eigenvalue weighted by atomic mass is 14.9. The number of rotatable bonds is 4. The highest BCUT2D eigenvalue weighted by Crippen LogP contribution is 2.26. The summed E-state index contributed by atoms with van der Waals surface area (Å²) < 4.78 is 0. The fourth-order valence-corrected chi connectivity index (χ4v) is 2.98. The minimum absolute atomic E-state index is 0.415. The van der Waals surface area contributed by atoms with Gasteiger partial charge in [0.2, 0.25) is 0 Å². The van der Waals surface area contributed by atoms with Crippen LogP contribution >= 0.6 is 0 Å². The fourth-order valence-electron chi connectivity index (χ4n) is 2.98. The molecule has 2 aliphatic carbocycles. The Balaban J connectivity index is 1.63. The molecule has 0 aromatic heterocycles. The Morgan fingerprint density at radius 2 is 1.57 bits per heavy atom. The lowest BCUT2D eigenvalue weighted by Crippen LogP contribution is -2.42. The average Bonchev–Trinajstić information content (AvgIpc) is 2.87. The van der Waals surface area contributed by atoms with Gasteiger partial charge in [0.25, 0.3) is 0 Å². The zero-order valence-corrected chi connectivity index (χ0v) is 9.17. The quantitative estimate of drug-likeness (QED) is 0.722. The summed E-state index contributed by atoms with van der Waals surface area (Å²) in [5, 5.41) is 3.63. The summed E-state index contributed by atoms with van der Waals surface area (Å²) in [5.74, 6) is 0.809. The number of hydrogen-bond donors (Lipinski definition) is 2. The van der Waals surface area contributed by atoms with Crippen LogP contribution in [0, 0.1) is 5.92 Å². The van der Waals surface area contributed by atoms with Crippen molar-refractivity contribution in [1.29, 1.82) is 0 Å². The molecule has 14 heavy (non-hydrogen) atoms. The van der Waals surface area contributed by atoms with Gasteiger partial charge >= 0.3 is 0 Å². The van der Waals surface area contributed by atoms with Crippen LogP contribution in [0.2, 0.25) is 0 Å². The second-order valence-corrected chi connectivity index (χ2v) is 5.10. The Bertz CT molecular complexity index is 158. The first-order chi connectivity index (χ1) is 6.86. The third-order valence-electron chi connectivity index (χ3n) is 4.00. The monoisotopic (exact) mass is 196 g/mol. The van der Waals surface area contributed by atoms with Gasteiger partial charge in [0.05, 0.1) is 0 Å². The van der Waals surface area contributed by atoms with Crippen LogP contribution in [0.4, 0.5) is 0 Å². The number of nitrogens with one attached hydrogen (secondary N) is 1. The molecule has 2 heteroatoms. The van der Waals surface area contributed by atoms with E-state index in [9.17, 15) is 0 Å². The van der Waals surface area contributed by atoms with Gasteiger partial charge in [-0.05, 0) is 31.6 Å². The van der Waals surface area contributed by atoms with Gasteiger partial charge in [-0.25, -0.2) is 0 Å². The van der Waals surface area contributed by atoms with Crippen LogP contribution < -0.4 is 11.1 Å². The molecule has 0 aromatic carbocycles. The SMILES string of the molecule is NC(CNC1CCCC1)C1CCCC1. The third-order valence-corrected chi connectivity index (χ3v) is 4.00. The molecule has 0 heterocycles. The summed E-state index contributed by atoms with van der Waals surface area (Å²) in [4.78, 5) is 0. The molecule has 0 amide bonds. The van der Waals surface area contributed by atoms with Crippen LogP contribution in [0.25, 0.3) is 0 Å². The van der Waals surface area contributed by atoms with Crippen LogP contribution in [0.3, 0.4) is 0 Å². The van der Waals surface area contributed by atoms with E-state index in [4.69, 9.17) is 5.73 Å². The van der Waals surface area contributed by atoms with E-state index in [1.807, 2.05) is 0 Å². The van der Waals surface area contributed by atoms with Crippen molar-refractivity contribution in [1.82, 2.24) is 5.32 Å². The second-order valence-electron chi connectivity index (χ2n) is 5.10. The summed E-state index contributed by atoms with van der Waals surface area (Å²) >= 11 is 0. The van der Waals surface area contributed by atoms with Crippen molar-refractivity contribution in [2.75, 3.05) is 6.54 Å². The Morgan fingerprint density at radius 1 is 1.00 bits per heavy atom. The molecule has 0 radical (unpaired) electrons. The van der Waals surface area contributed by atoms with Gasteiger partial charge in [-0.1, -0.05) is 25.7 Å². The summed E-state index contributed by atoms with van der Waals surface area (Å²) in [6, 6.07) is 1.19. The van der Waals surface area contributed by atoms with Gasteiger partial charge in [-0.2, -0.15) is 0 Å². The van der Waals surface area contributed by atoms with Gasteiger partial charge in [0.15, 0.2) is 0 Å². The van der Waals surface area contributed by atoms with Crippen LogP contribution in [-0.4, -0.2) is 18.6 Å². The largest absolute Gasteiger partial charge is 0.326 e. The van der Waals surface area contributed by atoms with E-state index in [2.05, 4.69) is 5.32 Å². The van der Waals surface area contributed by atoms with Gasteiger partial charge in [0, 0.05) is 18.6 Å². The van der Waals surface area contributed by atoms with Crippen LogP contribution in [0.5, 0.6) is 0 Å². The maximum atomic E-state index is 6.19. The molecule has 1 atom stereocenters. The van der Waals surface area contributed by atoms with Crippen molar-refractivity contribution in [2.24, 2.45) is 11.7 Å². The Morgan fingerprint density at radius 3 is 2.21 bits per heavy atom. The van der Waals surface area contributed by atoms with Crippen LogP contribution in [-0.2, 0) is 0 Å². The van der Waals surface area contributed by atoms with E-state index < -0.39 is 0 Å². The Labute approximate surface area is 87.6 Å².